The molecule has 7 nitrogen and oxygen atoms in total. The Morgan fingerprint density at radius 2 is 1.95 bits per heavy atom. The number of hydrogen-bond donors (Lipinski definition) is 1. The molecular formula is C11H22N2O5S2. The van der Waals surface area contributed by atoms with E-state index < -0.39 is 25.1 Å². The highest BCUT2D eigenvalue weighted by Gasteiger charge is 2.38. The first-order valence-corrected chi connectivity index (χ1v) is 10.1. The van der Waals surface area contributed by atoms with Crippen LogP contribution in [-0.2, 0) is 24.6 Å². The largest absolute Gasteiger partial charge is 0.374 e. The molecule has 0 spiro atoms. The van der Waals surface area contributed by atoms with Gasteiger partial charge < -0.3 is 10.1 Å². The lowest BCUT2D eigenvalue weighted by Crippen LogP contribution is -2.52. The van der Waals surface area contributed by atoms with Gasteiger partial charge in [0.05, 0.1) is 29.5 Å². The van der Waals surface area contributed by atoms with Gasteiger partial charge in [0, 0.05) is 19.6 Å². The Balaban J connectivity index is 2.03. The van der Waals surface area contributed by atoms with E-state index in [1.165, 1.54) is 4.31 Å². The van der Waals surface area contributed by atoms with E-state index in [0.29, 0.717) is 26.2 Å². The lowest BCUT2D eigenvalue weighted by Gasteiger charge is -2.35. The third-order valence-corrected chi connectivity index (χ3v) is 7.90. The second-order valence-corrected chi connectivity index (χ2v) is 9.82. The summed E-state index contributed by atoms with van der Waals surface area (Å²) in [7, 11) is -4.67. The van der Waals surface area contributed by atoms with Gasteiger partial charge in [-0.05, 0) is 19.9 Å². The molecule has 9 heteroatoms. The van der Waals surface area contributed by atoms with Crippen LogP contribution in [0.25, 0.3) is 0 Å². The number of nitrogens with zero attached hydrogens (tertiary/aromatic N) is 1. The van der Waals surface area contributed by atoms with E-state index in [0.717, 1.165) is 0 Å². The normalized spacial score (nSPS) is 29.4. The van der Waals surface area contributed by atoms with Gasteiger partial charge >= 0.3 is 0 Å². The SMILES string of the molecule is CNCC1CN(S(=O)(=O)C2CCS(=O)(=O)CC2)CCO1. The maximum absolute atomic E-state index is 12.6. The molecule has 0 aromatic heterocycles. The van der Waals surface area contributed by atoms with Crippen LogP contribution in [0.3, 0.4) is 0 Å². The summed E-state index contributed by atoms with van der Waals surface area (Å²) in [5.41, 5.74) is 0. The predicted octanol–water partition coefficient (Wildman–Crippen LogP) is -1.19. The quantitative estimate of drug-likeness (QED) is 0.699. The number of sulfone groups is 1. The molecule has 2 aliphatic heterocycles. The van der Waals surface area contributed by atoms with Crippen LogP contribution in [0, 0.1) is 0 Å². The summed E-state index contributed by atoms with van der Waals surface area (Å²) in [6, 6.07) is 0. The first-order chi connectivity index (χ1) is 9.35. The first kappa shape index (κ1) is 16.2. The fourth-order valence-electron chi connectivity index (χ4n) is 2.65. The van der Waals surface area contributed by atoms with Crippen LogP contribution < -0.4 is 5.32 Å². The lowest BCUT2D eigenvalue weighted by atomic mass is 10.2. The van der Waals surface area contributed by atoms with Crippen molar-refractivity contribution >= 4 is 19.9 Å². The number of ether oxygens (including phenoxy) is 1. The van der Waals surface area contributed by atoms with E-state index in [9.17, 15) is 16.8 Å². The number of morpholine rings is 1. The summed E-state index contributed by atoms with van der Waals surface area (Å²) in [5, 5.41) is 2.40. The van der Waals surface area contributed by atoms with Crippen molar-refractivity contribution in [2.24, 2.45) is 0 Å². The van der Waals surface area contributed by atoms with Gasteiger partial charge in [0.1, 0.15) is 9.84 Å². The minimum absolute atomic E-state index is 0.0266. The summed E-state index contributed by atoms with van der Waals surface area (Å²) >= 11 is 0. The zero-order chi connectivity index (χ0) is 14.8. The van der Waals surface area contributed by atoms with Crippen LogP contribution in [-0.4, -0.2) is 77.3 Å². The van der Waals surface area contributed by atoms with E-state index in [-0.39, 0.29) is 30.5 Å². The molecule has 1 unspecified atom stereocenters. The Hall–Kier alpha value is -0.220. The number of likely N-dealkylation sites (N-methyl/N-ethyl adjacent to an activating group) is 1. The molecule has 0 aromatic carbocycles. The summed E-state index contributed by atoms with van der Waals surface area (Å²) in [6.07, 6.45) is 0.271. The van der Waals surface area contributed by atoms with Crippen LogP contribution in [0.2, 0.25) is 0 Å². The van der Waals surface area contributed by atoms with Crippen molar-refractivity contribution in [2.75, 3.05) is 44.8 Å². The van der Waals surface area contributed by atoms with Gasteiger partial charge in [-0.3, -0.25) is 0 Å². The third-order valence-electron chi connectivity index (χ3n) is 3.82. The molecule has 0 radical (unpaired) electrons. The highest BCUT2D eigenvalue weighted by molar-refractivity contribution is 7.92. The Morgan fingerprint density at radius 1 is 1.30 bits per heavy atom. The highest BCUT2D eigenvalue weighted by Crippen LogP contribution is 2.23. The van der Waals surface area contributed by atoms with Gasteiger partial charge in [-0.2, -0.15) is 4.31 Å². The molecule has 1 N–H and O–H groups in total. The molecule has 0 aromatic rings. The van der Waals surface area contributed by atoms with Gasteiger partial charge in [-0.1, -0.05) is 0 Å². The van der Waals surface area contributed by atoms with Crippen LogP contribution in [0.5, 0.6) is 0 Å². The second-order valence-electron chi connectivity index (χ2n) is 5.30. The van der Waals surface area contributed by atoms with Gasteiger partial charge in [0.2, 0.25) is 10.0 Å². The molecule has 2 fully saturated rings. The minimum Gasteiger partial charge on any atom is -0.374 e. The van der Waals surface area contributed by atoms with Crippen molar-refractivity contribution in [3.05, 3.63) is 0 Å². The Bertz CT molecular complexity index is 515. The molecule has 2 rings (SSSR count). The van der Waals surface area contributed by atoms with Crippen LogP contribution in [0.4, 0.5) is 0 Å². The highest BCUT2D eigenvalue weighted by atomic mass is 32.2. The number of rotatable bonds is 4. The zero-order valence-corrected chi connectivity index (χ0v) is 13.2. The molecular weight excluding hydrogens is 304 g/mol. The third kappa shape index (κ3) is 3.70. The topological polar surface area (TPSA) is 92.8 Å². The molecule has 118 valence electrons. The average molecular weight is 326 g/mol. The van der Waals surface area contributed by atoms with Gasteiger partial charge in [0.15, 0.2) is 0 Å². The van der Waals surface area contributed by atoms with Gasteiger partial charge in [0.25, 0.3) is 0 Å². The monoisotopic (exact) mass is 326 g/mol. The average Bonchev–Trinajstić information content (AvgIpc) is 2.39. The fourth-order valence-corrected chi connectivity index (χ4v) is 6.40. The van der Waals surface area contributed by atoms with E-state index in [1.54, 1.807) is 7.05 Å². The molecule has 0 amide bonds. The lowest BCUT2D eigenvalue weighted by molar-refractivity contribution is 0.000507. The smallest absolute Gasteiger partial charge is 0.217 e. The summed E-state index contributed by atoms with van der Waals surface area (Å²) in [5.74, 6) is -0.0532. The minimum atomic E-state index is -3.43. The molecule has 2 aliphatic rings. The molecule has 2 saturated heterocycles. The van der Waals surface area contributed by atoms with Crippen molar-refractivity contribution in [3.63, 3.8) is 0 Å². The van der Waals surface area contributed by atoms with Gasteiger partial charge in [-0.15, -0.1) is 0 Å². The maximum Gasteiger partial charge on any atom is 0.217 e. The van der Waals surface area contributed by atoms with E-state index in [2.05, 4.69) is 5.32 Å². The molecule has 2 heterocycles. The number of sulfonamides is 1. The predicted molar refractivity (Wildman–Crippen MR) is 75.8 cm³/mol. The Morgan fingerprint density at radius 3 is 2.55 bits per heavy atom. The van der Waals surface area contributed by atoms with Crippen molar-refractivity contribution in [3.8, 4) is 0 Å². The zero-order valence-electron chi connectivity index (χ0n) is 11.6. The molecule has 0 bridgehead atoms. The fraction of sp³-hybridized carbons (Fsp3) is 1.00. The van der Waals surface area contributed by atoms with Crippen molar-refractivity contribution in [1.29, 1.82) is 0 Å². The number of hydrogen-bond acceptors (Lipinski definition) is 6. The van der Waals surface area contributed by atoms with Crippen LogP contribution in [0.1, 0.15) is 12.8 Å². The molecule has 20 heavy (non-hydrogen) atoms. The molecule has 1 atom stereocenters. The maximum atomic E-state index is 12.6. The summed E-state index contributed by atoms with van der Waals surface area (Å²) in [6.45, 7) is 1.68. The molecule has 0 saturated carbocycles. The van der Waals surface area contributed by atoms with Crippen molar-refractivity contribution < 1.29 is 21.6 Å². The first-order valence-electron chi connectivity index (χ1n) is 6.81. The Kier molecular flexibility index (Phi) is 5.06. The summed E-state index contributed by atoms with van der Waals surface area (Å²) in [4.78, 5) is 0. The van der Waals surface area contributed by atoms with Crippen LogP contribution in [0.15, 0.2) is 0 Å². The Labute approximate surface area is 120 Å². The van der Waals surface area contributed by atoms with Crippen LogP contribution >= 0.6 is 0 Å². The van der Waals surface area contributed by atoms with E-state index in [4.69, 9.17) is 4.74 Å². The van der Waals surface area contributed by atoms with E-state index >= 15 is 0 Å². The second kappa shape index (κ2) is 6.27. The van der Waals surface area contributed by atoms with Crippen molar-refractivity contribution in [2.45, 2.75) is 24.2 Å². The van der Waals surface area contributed by atoms with Gasteiger partial charge in [-0.25, -0.2) is 16.8 Å². The van der Waals surface area contributed by atoms with E-state index in [1.807, 2.05) is 0 Å². The number of nitrogens with one attached hydrogen (secondary N) is 1. The standard InChI is InChI=1S/C11H22N2O5S2/c1-12-8-10-9-13(4-5-18-10)20(16,17)11-2-6-19(14,15)7-3-11/h10-12H,2-9H2,1H3. The van der Waals surface area contributed by atoms with Crippen molar-refractivity contribution in [1.82, 2.24) is 9.62 Å². The summed E-state index contributed by atoms with van der Waals surface area (Å²) < 4.78 is 54.9. The molecule has 0 aliphatic carbocycles.